The van der Waals surface area contributed by atoms with E-state index in [1.54, 1.807) is 24.3 Å². The van der Waals surface area contributed by atoms with E-state index in [9.17, 15) is 9.90 Å². The van der Waals surface area contributed by atoms with Crippen molar-refractivity contribution < 1.29 is 14.6 Å². The quantitative estimate of drug-likeness (QED) is 0.380. The van der Waals surface area contributed by atoms with Crippen LogP contribution in [0.25, 0.3) is 0 Å². The second kappa shape index (κ2) is 10.2. The van der Waals surface area contributed by atoms with Gasteiger partial charge in [0, 0.05) is 5.02 Å². The average Bonchev–Trinajstić information content (AvgIpc) is 2.74. The van der Waals surface area contributed by atoms with Crippen molar-refractivity contribution in [1.82, 2.24) is 5.43 Å². The molecule has 3 rings (SSSR count). The number of hydrogen-bond acceptors (Lipinski definition) is 4. The van der Waals surface area contributed by atoms with Crippen molar-refractivity contribution in [3.8, 4) is 5.75 Å². The summed E-state index contributed by atoms with van der Waals surface area (Å²) < 4.78 is 6.56. The van der Waals surface area contributed by atoms with Crippen molar-refractivity contribution in [3.63, 3.8) is 0 Å². The molecule has 7 heteroatoms. The number of ether oxygens (including phenoxy) is 1. The van der Waals surface area contributed by atoms with Gasteiger partial charge in [-0.15, -0.1) is 0 Å². The molecule has 0 bridgehead atoms. The Labute approximate surface area is 182 Å². The molecule has 0 saturated carbocycles. The predicted molar refractivity (Wildman–Crippen MR) is 117 cm³/mol. The summed E-state index contributed by atoms with van der Waals surface area (Å²) in [6.45, 7) is 0.413. The van der Waals surface area contributed by atoms with Crippen LogP contribution < -0.4 is 10.2 Å². The van der Waals surface area contributed by atoms with E-state index in [4.69, 9.17) is 16.3 Å². The highest BCUT2D eigenvalue weighted by molar-refractivity contribution is 9.10. The number of rotatable bonds is 7. The highest BCUT2D eigenvalue weighted by atomic mass is 79.9. The molecule has 0 aromatic heterocycles. The minimum Gasteiger partial charge on any atom is -0.488 e. The first-order valence-electron chi connectivity index (χ1n) is 8.75. The van der Waals surface area contributed by atoms with Crippen LogP contribution in [0, 0.1) is 0 Å². The largest absolute Gasteiger partial charge is 0.488 e. The van der Waals surface area contributed by atoms with Gasteiger partial charge in [0.05, 0.1) is 10.7 Å². The Morgan fingerprint density at radius 1 is 1.14 bits per heavy atom. The Kier molecular flexibility index (Phi) is 7.41. The zero-order valence-electron chi connectivity index (χ0n) is 15.3. The number of carbonyl (C=O) groups is 1. The molecule has 3 aromatic carbocycles. The molecule has 0 radical (unpaired) electrons. The molecule has 0 heterocycles. The summed E-state index contributed by atoms with van der Waals surface area (Å²) in [4.78, 5) is 12.0. The van der Waals surface area contributed by atoms with Gasteiger partial charge in [-0.1, -0.05) is 54.1 Å². The first-order valence-corrected chi connectivity index (χ1v) is 9.93. The molecular formula is C22H18BrClN2O3. The van der Waals surface area contributed by atoms with Gasteiger partial charge < -0.3 is 9.84 Å². The normalized spacial score (nSPS) is 12.0. The van der Waals surface area contributed by atoms with Crippen LogP contribution in [0.3, 0.4) is 0 Å². The molecule has 3 aromatic rings. The molecule has 0 aliphatic rings. The van der Waals surface area contributed by atoms with E-state index in [0.717, 1.165) is 15.6 Å². The predicted octanol–water partition coefficient (Wildman–Crippen LogP) is 4.87. The minimum absolute atomic E-state index is 0.413. The molecule has 0 unspecified atom stereocenters. The lowest BCUT2D eigenvalue weighted by Gasteiger charge is -2.09. The van der Waals surface area contributed by atoms with Crippen LogP contribution in [-0.4, -0.2) is 17.2 Å². The maximum Gasteiger partial charge on any atom is 0.273 e. The van der Waals surface area contributed by atoms with Gasteiger partial charge in [0.15, 0.2) is 6.10 Å². The summed E-state index contributed by atoms with van der Waals surface area (Å²) in [6, 6.07) is 21.6. The molecule has 1 atom stereocenters. The fraction of sp³-hybridized carbons (Fsp3) is 0.0909. The molecular weight excluding hydrogens is 456 g/mol. The number of benzene rings is 3. The lowest BCUT2D eigenvalue weighted by Crippen LogP contribution is -2.25. The second-order valence-electron chi connectivity index (χ2n) is 6.15. The van der Waals surface area contributed by atoms with E-state index in [1.165, 1.54) is 6.21 Å². The SMILES string of the molecule is O=C(N/N=C\c1ccc(OCc2ccc(Cl)cc2)c(Br)c1)[C@@H](O)c1ccccc1. The van der Waals surface area contributed by atoms with Crippen LogP contribution >= 0.6 is 27.5 Å². The summed E-state index contributed by atoms with van der Waals surface area (Å²) in [5.74, 6) is 0.0788. The first kappa shape index (κ1) is 21.0. The van der Waals surface area contributed by atoms with Crippen molar-refractivity contribution in [2.24, 2.45) is 5.10 Å². The summed E-state index contributed by atoms with van der Waals surface area (Å²) >= 11 is 9.35. The fourth-order valence-electron chi connectivity index (χ4n) is 2.47. The highest BCUT2D eigenvalue weighted by Crippen LogP contribution is 2.26. The Morgan fingerprint density at radius 2 is 1.86 bits per heavy atom. The van der Waals surface area contributed by atoms with Crippen LogP contribution in [0.4, 0.5) is 0 Å². The van der Waals surface area contributed by atoms with Gasteiger partial charge in [-0.25, -0.2) is 5.43 Å². The van der Waals surface area contributed by atoms with Crippen LogP contribution in [0.2, 0.25) is 5.02 Å². The molecule has 1 amide bonds. The van der Waals surface area contributed by atoms with E-state index in [0.29, 0.717) is 22.9 Å². The Hall–Kier alpha value is -2.67. The summed E-state index contributed by atoms with van der Waals surface area (Å²) in [7, 11) is 0. The molecule has 2 N–H and O–H groups in total. The van der Waals surface area contributed by atoms with Gasteiger partial charge in [-0.2, -0.15) is 5.10 Å². The van der Waals surface area contributed by atoms with Gasteiger partial charge in [-0.05, 0) is 63.0 Å². The number of aliphatic hydroxyl groups excluding tert-OH is 1. The molecule has 0 aliphatic carbocycles. The van der Waals surface area contributed by atoms with Crippen molar-refractivity contribution in [2.75, 3.05) is 0 Å². The molecule has 0 spiro atoms. The van der Waals surface area contributed by atoms with Gasteiger partial charge in [0.1, 0.15) is 12.4 Å². The third kappa shape index (κ3) is 6.15. The third-order valence-electron chi connectivity index (χ3n) is 4.02. The minimum atomic E-state index is -1.27. The topological polar surface area (TPSA) is 70.9 Å². The van der Waals surface area contributed by atoms with Crippen molar-refractivity contribution in [3.05, 3.63) is 99.0 Å². The van der Waals surface area contributed by atoms with Crippen molar-refractivity contribution in [2.45, 2.75) is 12.7 Å². The van der Waals surface area contributed by atoms with Gasteiger partial charge in [0.2, 0.25) is 0 Å². The van der Waals surface area contributed by atoms with Crippen LogP contribution in [0.1, 0.15) is 22.8 Å². The van der Waals surface area contributed by atoms with Crippen LogP contribution in [-0.2, 0) is 11.4 Å². The molecule has 29 heavy (non-hydrogen) atoms. The Morgan fingerprint density at radius 3 is 2.55 bits per heavy atom. The standard InChI is InChI=1S/C22H18BrClN2O3/c23-19-12-16(8-11-20(19)29-14-15-6-9-18(24)10-7-15)13-25-26-22(28)21(27)17-4-2-1-3-5-17/h1-13,21,27H,14H2,(H,26,28)/b25-13-/t21-/m0/s1. The number of nitrogens with zero attached hydrogens (tertiary/aromatic N) is 1. The van der Waals surface area contributed by atoms with Crippen molar-refractivity contribution >= 4 is 39.7 Å². The zero-order chi connectivity index (χ0) is 20.6. The number of hydrogen-bond donors (Lipinski definition) is 2. The summed E-state index contributed by atoms with van der Waals surface area (Å²) in [5.41, 5.74) is 4.60. The molecule has 5 nitrogen and oxygen atoms in total. The number of nitrogens with one attached hydrogen (secondary N) is 1. The lowest BCUT2D eigenvalue weighted by atomic mass is 10.1. The number of aliphatic hydroxyl groups is 1. The third-order valence-corrected chi connectivity index (χ3v) is 4.89. The highest BCUT2D eigenvalue weighted by Gasteiger charge is 2.15. The van der Waals surface area contributed by atoms with Gasteiger partial charge in [-0.3, -0.25) is 4.79 Å². The average molecular weight is 474 g/mol. The Bertz CT molecular complexity index is 995. The van der Waals surface area contributed by atoms with Crippen LogP contribution in [0.5, 0.6) is 5.75 Å². The van der Waals surface area contributed by atoms with E-state index in [1.807, 2.05) is 48.5 Å². The smallest absolute Gasteiger partial charge is 0.273 e. The maximum absolute atomic E-state index is 12.0. The number of hydrazone groups is 1. The molecule has 0 saturated heterocycles. The van der Waals surface area contributed by atoms with E-state index >= 15 is 0 Å². The van der Waals surface area contributed by atoms with Gasteiger partial charge >= 0.3 is 0 Å². The maximum atomic E-state index is 12.0. The second-order valence-corrected chi connectivity index (χ2v) is 7.44. The Balaban J connectivity index is 1.55. The molecule has 148 valence electrons. The molecule has 0 fully saturated rings. The first-order chi connectivity index (χ1) is 14.0. The van der Waals surface area contributed by atoms with E-state index in [2.05, 4.69) is 26.5 Å². The van der Waals surface area contributed by atoms with Crippen LogP contribution in [0.15, 0.2) is 82.4 Å². The number of carbonyl (C=O) groups excluding carboxylic acids is 1. The van der Waals surface area contributed by atoms with Gasteiger partial charge in [0.25, 0.3) is 5.91 Å². The number of halogens is 2. The number of amides is 1. The summed E-state index contributed by atoms with van der Waals surface area (Å²) in [5, 5.41) is 14.6. The fourth-order valence-corrected chi connectivity index (χ4v) is 3.11. The van der Waals surface area contributed by atoms with E-state index < -0.39 is 12.0 Å². The van der Waals surface area contributed by atoms with Crippen molar-refractivity contribution in [1.29, 1.82) is 0 Å². The monoisotopic (exact) mass is 472 g/mol. The van der Waals surface area contributed by atoms with E-state index in [-0.39, 0.29) is 0 Å². The lowest BCUT2D eigenvalue weighted by molar-refractivity contribution is -0.129. The zero-order valence-corrected chi connectivity index (χ0v) is 17.6. The summed E-state index contributed by atoms with van der Waals surface area (Å²) in [6.07, 6.45) is 0.215. The molecule has 0 aliphatic heterocycles.